The van der Waals surface area contributed by atoms with Crippen LogP contribution in [0.2, 0.25) is 0 Å². The van der Waals surface area contributed by atoms with Crippen molar-refractivity contribution < 1.29 is 4.74 Å². The average molecular weight is 397 g/mol. The zero-order chi connectivity index (χ0) is 20.2. The SMILES string of the molecule is C[C@H]1CN(c2cc(=O)[nH]c(N3CCCCC[C@@H]3Cc3ccccc3)n2)C[C@H](C)O1. The second kappa shape index (κ2) is 8.99. The number of ether oxygens (including phenoxy) is 1. The molecule has 6 heteroatoms. The highest BCUT2D eigenvalue weighted by Gasteiger charge is 2.27. The molecule has 0 aliphatic carbocycles. The van der Waals surface area contributed by atoms with Gasteiger partial charge in [-0.3, -0.25) is 9.78 Å². The normalized spacial score (nSPS) is 25.7. The maximum Gasteiger partial charge on any atom is 0.254 e. The van der Waals surface area contributed by atoms with Crippen molar-refractivity contribution in [2.45, 2.75) is 64.2 Å². The molecule has 2 saturated heterocycles. The fourth-order valence-corrected chi connectivity index (χ4v) is 4.65. The minimum absolute atomic E-state index is 0.0838. The Bertz CT molecular complexity index is 843. The smallest absolute Gasteiger partial charge is 0.254 e. The zero-order valence-corrected chi connectivity index (χ0v) is 17.5. The summed E-state index contributed by atoms with van der Waals surface area (Å²) in [6, 6.07) is 12.6. The van der Waals surface area contributed by atoms with Gasteiger partial charge in [0.15, 0.2) is 0 Å². The average Bonchev–Trinajstić information content (AvgIpc) is 2.93. The Hall–Kier alpha value is -2.34. The van der Waals surface area contributed by atoms with E-state index in [1.165, 1.54) is 18.4 Å². The molecule has 29 heavy (non-hydrogen) atoms. The predicted molar refractivity (Wildman–Crippen MR) is 117 cm³/mol. The van der Waals surface area contributed by atoms with Crippen LogP contribution in [0.25, 0.3) is 0 Å². The molecule has 1 N–H and O–H groups in total. The van der Waals surface area contributed by atoms with Gasteiger partial charge in [-0.05, 0) is 38.7 Å². The van der Waals surface area contributed by atoms with Crippen molar-refractivity contribution in [3.05, 3.63) is 52.3 Å². The molecule has 3 heterocycles. The van der Waals surface area contributed by atoms with Gasteiger partial charge in [0.2, 0.25) is 5.95 Å². The molecule has 0 bridgehead atoms. The molecule has 4 rings (SSSR count). The van der Waals surface area contributed by atoms with Crippen LogP contribution in [0.4, 0.5) is 11.8 Å². The summed E-state index contributed by atoms with van der Waals surface area (Å²) in [5.74, 6) is 1.47. The largest absolute Gasteiger partial charge is 0.372 e. The summed E-state index contributed by atoms with van der Waals surface area (Å²) in [4.78, 5) is 25.0. The quantitative estimate of drug-likeness (QED) is 0.859. The number of morpholine rings is 1. The van der Waals surface area contributed by atoms with E-state index in [0.29, 0.717) is 12.0 Å². The molecule has 0 saturated carbocycles. The number of rotatable bonds is 4. The summed E-state index contributed by atoms with van der Waals surface area (Å²) in [5, 5.41) is 0. The topological polar surface area (TPSA) is 61.5 Å². The number of aromatic nitrogens is 2. The Morgan fingerprint density at radius 3 is 2.62 bits per heavy atom. The third kappa shape index (κ3) is 4.99. The van der Waals surface area contributed by atoms with Crippen LogP contribution in [-0.2, 0) is 11.2 Å². The van der Waals surface area contributed by atoms with Gasteiger partial charge >= 0.3 is 0 Å². The Labute approximate surface area is 172 Å². The van der Waals surface area contributed by atoms with Crippen LogP contribution in [0.5, 0.6) is 0 Å². The highest BCUT2D eigenvalue weighted by atomic mass is 16.5. The highest BCUT2D eigenvalue weighted by Crippen LogP contribution is 2.25. The van der Waals surface area contributed by atoms with Crippen molar-refractivity contribution in [1.29, 1.82) is 0 Å². The molecule has 2 aromatic rings. The van der Waals surface area contributed by atoms with E-state index in [2.05, 4.69) is 59.0 Å². The summed E-state index contributed by atoms with van der Waals surface area (Å²) in [6.45, 7) is 6.59. The van der Waals surface area contributed by atoms with Crippen LogP contribution in [0, 0.1) is 0 Å². The molecule has 1 aromatic heterocycles. The molecule has 1 aromatic carbocycles. The number of hydrogen-bond donors (Lipinski definition) is 1. The zero-order valence-electron chi connectivity index (χ0n) is 17.5. The van der Waals surface area contributed by atoms with E-state index in [4.69, 9.17) is 9.72 Å². The van der Waals surface area contributed by atoms with Gasteiger partial charge in [-0.2, -0.15) is 4.98 Å². The second-order valence-corrected chi connectivity index (χ2v) is 8.48. The minimum atomic E-state index is -0.0838. The van der Waals surface area contributed by atoms with E-state index in [-0.39, 0.29) is 17.8 Å². The summed E-state index contributed by atoms with van der Waals surface area (Å²) < 4.78 is 5.85. The molecule has 2 aliphatic heterocycles. The van der Waals surface area contributed by atoms with E-state index in [0.717, 1.165) is 44.7 Å². The summed E-state index contributed by atoms with van der Waals surface area (Å²) >= 11 is 0. The van der Waals surface area contributed by atoms with Crippen molar-refractivity contribution in [2.75, 3.05) is 29.4 Å². The molecule has 3 atom stereocenters. The molecule has 0 radical (unpaired) electrons. The van der Waals surface area contributed by atoms with Gasteiger partial charge in [0.25, 0.3) is 5.56 Å². The molecule has 2 fully saturated rings. The molecule has 0 unspecified atom stereocenters. The summed E-state index contributed by atoms with van der Waals surface area (Å²) in [5.41, 5.74) is 1.25. The first kappa shape index (κ1) is 20.0. The third-order valence-electron chi connectivity index (χ3n) is 5.92. The maximum atomic E-state index is 12.5. The molecule has 156 valence electrons. The van der Waals surface area contributed by atoms with Crippen LogP contribution in [0.15, 0.2) is 41.2 Å². The highest BCUT2D eigenvalue weighted by molar-refractivity contribution is 5.45. The van der Waals surface area contributed by atoms with Crippen LogP contribution in [0.1, 0.15) is 45.1 Å². The molecule has 0 amide bonds. The first-order chi connectivity index (χ1) is 14.1. The Kier molecular flexibility index (Phi) is 6.19. The number of benzene rings is 1. The Morgan fingerprint density at radius 1 is 1.10 bits per heavy atom. The van der Waals surface area contributed by atoms with Gasteiger partial charge in [0.05, 0.1) is 12.2 Å². The summed E-state index contributed by atoms with van der Waals surface area (Å²) in [6.07, 6.45) is 5.93. The first-order valence-corrected chi connectivity index (χ1v) is 10.9. The van der Waals surface area contributed by atoms with Gasteiger partial charge in [-0.15, -0.1) is 0 Å². The lowest BCUT2D eigenvalue weighted by Gasteiger charge is -2.37. The molecular weight excluding hydrogens is 364 g/mol. The summed E-state index contributed by atoms with van der Waals surface area (Å²) in [7, 11) is 0. The van der Waals surface area contributed by atoms with Crippen LogP contribution < -0.4 is 15.4 Å². The lowest BCUT2D eigenvalue weighted by atomic mass is 10.0. The lowest BCUT2D eigenvalue weighted by Crippen LogP contribution is -2.46. The van der Waals surface area contributed by atoms with Crippen molar-refractivity contribution in [3.8, 4) is 0 Å². The van der Waals surface area contributed by atoms with Gasteiger partial charge < -0.3 is 14.5 Å². The van der Waals surface area contributed by atoms with Gasteiger partial charge in [-0.1, -0.05) is 43.2 Å². The van der Waals surface area contributed by atoms with Crippen molar-refractivity contribution in [3.63, 3.8) is 0 Å². The van der Waals surface area contributed by atoms with E-state index in [1.54, 1.807) is 6.07 Å². The lowest BCUT2D eigenvalue weighted by molar-refractivity contribution is -0.00547. The molecular formula is C23H32N4O2. The second-order valence-electron chi connectivity index (χ2n) is 8.48. The fourth-order valence-electron chi connectivity index (χ4n) is 4.65. The number of nitrogens with zero attached hydrogens (tertiary/aromatic N) is 3. The minimum Gasteiger partial charge on any atom is -0.372 e. The van der Waals surface area contributed by atoms with Gasteiger partial charge in [0, 0.05) is 31.7 Å². The van der Waals surface area contributed by atoms with E-state index >= 15 is 0 Å². The van der Waals surface area contributed by atoms with Crippen molar-refractivity contribution in [2.24, 2.45) is 0 Å². The van der Waals surface area contributed by atoms with Crippen LogP contribution >= 0.6 is 0 Å². The standard InChI is InChI=1S/C23H32N4O2/c1-17-15-26(16-18(2)29-17)21-14-22(28)25-23(24-21)27-12-8-4-7-11-20(27)13-19-9-5-3-6-10-19/h3,5-6,9-10,14,17-18,20H,4,7-8,11-13,15-16H2,1-2H3,(H,24,25,28)/t17-,18-,20+/m0/s1. The van der Waals surface area contributed by atoms with E-state index < -0.39 is 0 Å². The Morgan fingerprint density at radius 2 is 1.86 bits per heavy atom. The number of nitrogens with one attached hydrogen (secondary N) is 1. The first-order valence-electron chi connectivity index (χ1n) is 10.9. The van der Waals surface area contributed by atoms with Gasteiger partial charge in [-0.25, -0.2) is 0 Å². The monoisotopic (exact) mass is 396 g/mol. The third-order valence-corrected chi connectivity index (χ3v) is 5.92. The molecule has 6 nitrogen and oxygen atoms in total. The predicted octanol–water partition coefficient (Wildman–Crippen LogP) is 3.38. The van der Waals surface area contributed by atoms with E-state index in [9.17, 15) is 4.79 Å². The van der Waals surface area contributed by atoms with Crippen molar-refractivity contribution >= 4 is 11.8 Å². The number of hydrogen-bond acceptors (Lipinski definition) is 5. The van der Waals surface area contributed by atoms with E-state index in [1.807, 2.05) is 0 Å². The Balaban J connectivity index is 1.62. The van der Waals surface area contributed by atoms with Crippen LogP contribution in [0.3, 0.4) is 0 Å². The fraction of sp³-hybridized carbons (Fsp3) is 0.565. The van der Waals surface area contributed by atoms with Gasteiger partial charge in [0.1, 0.15) is 5.82 Å². The van der Waals surface area contributed by atoms with Crippen LogP contribution in [-0.4, -0.2) is 47.9 Å². The molecule has 0 spiro atoms. The molecule has 2 aliphatic rings. The number of aromatic amines is 1. The maximum absolute atomic E-state index is 12.5. The van der Waals surface area contributed by atoms with Crippen molar-refractivity contribution in [1.82, 2.24) is 9.97 Å². The number of H-pyrrole nitrogens is 1. The number of anilines is 2.